The maximum atomic E-state index is 12.7. The van der Waals surface area contributed by atoms with Crippen LogP contribution in [0, 0.1) is 0 Å². The van der Waals surface area contributed by atoms with Gasteiger partial charge in [0.1, 0.15) is 16.8 Å². The molecule has 6 nitrogen and oxygen atoms in total. The average molecular weight is 466 g/mol. The van der Waals surface area contributed by atoms with Gasteiger partial charge in [0.15, 0.2) is 0 Å². The minimum absolute atomic E-state index is 0.170. The van der Waals surface area contributed by atoms with Crippen LogP contribution < -0.4 is 10.6 Å². The van der Waals surface area contributed by atoms with E-state index < -0.39 is 11.7 Å². The van der Waals surface area contributed by atoms with Gasteiger partial charge in [-0.05, 0) is 43.2 Å². The van der Waals surface area contributed by atoms with E-state index in [9.17, 15) is 18.0 Å². The molecule has 160 valence electrons. The maximum absolute atomic E-state index is 12.7. The van der Waals surface area contributed by atoms with Crippen molar-refractivity contribution in [3.05, 3.63) is 65.2 Å². The first-order valence-corrected chi connectivity index (χ1v) is 10.4. The summed E-state index contributed by atoms with van der Waals surface area (Å²) in [6.45, 7) is 0. The van der Waals surface area contributed by atoms with Gasteiger partial charge in [-0.3, -0.25) is 4.79 Å². The molecule has 1 saturated carbocycles. The van der Waals surface area contributed by atoms with Crippen molar-refractivity contribution in [1.29, 1.82) is 0 Å². The van der Waals surface area contributed by atoms with Gasteiger partial charge in [0, 0.05) is 28.1 Å². The zero-order chi connectivity index (χ0) is 22.0. The number of thioether (sulfide) groups is 1. The Morgan fingerprint density at radius 3 is 2.55 bits per heavy atom. The van der Waals surface area contributed by atoms with Crippen LogP contribution in [0.3, 0.4) is 0 Å². The summed E-state index contributed by atoms with van der Waals surface area (Å²) in [5, 5.41) is 6.48. The number of nitrogens with zero attached hydrogens (tertiary/aromatic N) is 3. The predicted molar refractivity (Wildman–Crippen MR) is 113 cm³/mol. The summed E-state index contributed by atoms with van der Waals surface area (Å²) in [5.74, 6) is 0.0531. The molecule has 0 unspecified atom stereocenters. The number of nitrogens with one attached hydrogen (secondary N) is 2. The number of hydrogen-bond donors (Lipinski definition) is 2. The lowest BCUT2D eigenvalue weighted by Crippen LogP contribution is -2.13. The van der Waals surface area contributed by atoms with E-state index in [0.717, 1.165) is 30.0 Å². The normalized spacial score (nSPS) is 13.7. The van der Waals surface area contributed by atoms with E-state index in [1.807, 2.05) is 0 Å². The van der Waals surface area contributed by atoms with E-state index in [1.54, 1.807) is 17.8 Å². The lowest BCUT2D eigenvalue weighted by atomic mass is 10.2. The third-order valence-electron chi connectivity index (χ3n) is 4.27. The van der Waals surface area contributed by atoms with Crippen molar-refractivity contribution in [2.75, 3.05) is 10.6 Å². The number of hydrogen-bond acceptors (Lipinski definition) is 6. The number of anilines is 3. The molecule has 1 aliphatic carbocycles. The van der Waals surface area contributed by atoms with Crippen molar-refractivity contribution >= 4 is 46.6 Å². The van der Waals surface area contributed by atoms with E-state index >= 15 is 0 Å². The number of alkyl halides is 3. The minimum Gasteiger partial charge on any atom is -0.325 e. The fraction of sp³-hybridized carbons (Fsp3) is 0.200. The predicted octanol–water partition coefficient (Wildman–Crippen LogP) is 5.79. The number of carbonyl (C=O) groups is 1. The molecule has 3 aromatic heterocycles. The zero-order valence-corrected chi connectivity index (χ0v) is 17.4. The molecule has 0 bridgehead atoms. The molecule has 0 saturated heterocycles. The van der Waals surface area contributed by atoms with Crippen molar-refractivity contribution in [3.8, 4) is 0 Å². The second kappa shape index (κ2) is 8.72. The summed E-state index contributed by atoms with van der Waals surface area (Å²) in [5.41, 5.74) is 0.0133. The molecule has 1 aliphatic rings. The third kappa shape index (κ3) is 5.65. The van der Waals surface area contributed by atoms with Crippen LogP contribution in [0.4, 0.5) is 30.5 Å². The standard InChI is InChI=1S/C20H15ClF3N5OS/c21-16-8-15(31-13-2-3-13)14(10-26-16)28-19(30)11-5-6-25-18(7-11)29-17-4-1-12(9-27-17)20(22,23)24/h1,4-10,13H,2-3H2,(H,28,30)(H,25,27,29). The molecule has 0 aliphatic heterocycles. The number of carbonyl (C=O) groups excluding carboxylic acids is 1. The van der Waals surface area contributed by atoms with Crippen LogP contribution in [0.15, 0.2) is 53.8 Å². The monoisotopic (exact) mass is 465 g/mol. The van der Waals surface area contributed by atoms with Crippen molar-refractivity contribution in [2.24, 2.45) is 0 Å². The van der Waals surface area contributed by atoms with Gasteiger partial charge in [-0.25, -0.2) is 15.0 Å². The average Bonchev–Trinajstić information content (AvgIpc) is 3.54. The van der Waals surface area contributed by atoms with E-state index in [0.29, 0.717) is 21.7 Å². The van der Waals surface area contributed by atoms with Gasteiger partial charge in [0.25, 0.3) is 5.91 Å². The molecule has 4 rings (SSSR count). The Kier molecular flexibility index (Phi) is 6.01. The topological polar surface area (TPSA) is 79.8 Å². The largest absolute Gasteiger partial charge is 0.417 e. The number of halogens is 4. The van der Waals surface area contributed by atoms with Crippen molar-refractivity contribution in [2.45, 2.75) is 29.2 Å². The highest BCUT2D eigenvalue weighted by Crippen LogP contribution is 2.42. The third-order valence-corrected chi connectivity index (χ3v) is 5.87. The molecule has 31 heavy (non-hydrogen) atoms. The molecule has 0 atom stereocenters. The van der Waals surface area contributed by atoms with Gasteiger partial charge >= 0.3 is 6.18 Å². The minimum atomic E-state index is -4.46. The molecule has 0 aromatic carbocycles. The molecular formula is C20H15ClF3N5OS. The summed E-state index contributed by atoms with van der Waals surface area (Å²) in [6, 6.07) is 6.83. The molecule has 1 amide bonds. The second-order valence-electron chi connectivity index (χ2n) is 6.76. The van der Waals surface area contributed by atoms with Crippen LogP contribution in [0.5, 0.6) is 0 Å². The van der Waals surface area contributed by atoms with Crippen LogP contribution in [0.25, 0.3) is 0 Å². The summed E-state index contributed by atoms with van der Waals surface area (Å²) in [6.07, 6.45) is 1.43. The fourth-order valence-electron chi connectivity index (χ4n) is 2.57. The molecular weight excluding hydrogens is 451 g/mol. The smallest absolute Gasteiger partial charge is 0.325 e. The Bertz CT molecular complexity index is 1110. The van der Waals surface area contributed by atoms with Crippen LogP contribution in [-0.2, 0) is 6.18 Å². The van der Waals surface area contributed by atoms with Crippen LogP contribution in [0.1, 0.15) is 28.8 Å². The Morgan fingerprint density at radius 1 is 1.06 bits per heavy atom. The molecule has 3 aromatic rings. The summed E-state index contributed by atoms with van der Waals surface area (Å²) >= 11 is 7.63. The first kappa shape index (κ1) is 21.4. The Labute approximate surface area is 184 Å². The van der Waals surface area contributed by atoms with Crippen molar-refractivity contribution in [3.63, 3.8) is 0 Å². The quantitative estimate of drug-likeness (QED) is 0.448. The summed E-state index contributed by atoms with van der Waals surface area (Å²) in [7, 11) is 0. The Hall–Kier alpha value is -2.85. The van der Waals surface area contributed by atoms with Crippen molar-refractivity contribution < 1.29 is 18.0 Å². The first-order chi connectivity index (χ1) is 14.8. The first-order valence-electron chi connectivity index (χ1n) is 9.18. The number of pyridine rings is 3. The Morgan fingerprint density at radius 2 is 1.87 bits per heavy atom. The second-order valence-corrected chi connectivity index (χ2v) is 8.49. The van der Waals surface area contributed by atoms with Crippen LogP contribution >= 0.6 is 23.4 Å². The van der Waals surface area contributed by atoms with E-state index in [-0.39, 0.29) is 17.5 Å². The summed E-state index contributed by atoms with van der Waals surface area (Å²) < 4.78 is 38.0. The van der Waals surface area contributed by atoms with Gasteiger partial charge in [-0.2, -0.15) is 13.2 Å². The van der Waals surface area contributed by atoms with Gasteiger partial charge < -0.3 is 10.6 Å². The van der Waals surface area contributed by atoms with Crippen LogP contribution in [0.2, 0.25) is 5.15 Å². The van der Waals surface area contributed by atoms with Gasteiger partial charge in [0.2, 0.25) is 0 Å². The number of amides is 1. The Balaban J connectivity index is 1.47. The van der Waals surface area contributed by atoms with E-state index in [1.165, 1.54) is 30.6 Å². The molecule has 0 spiro atoms. The highest BCUT2D eigenvalue weighted by molar-refractivity contribution is 8.00. The summed E-state index contributed by atoms with van der Waals surface area (Å²) in [4.78, 5) is 25.4. The van der Waals surface area contributed by atoms with Gasteiger partial charge in [0.05, 0.1) is 17.4 Å². The molecule has 2 N–H and O–H groups in total. The molecule has 0 radical (unpaired) electrons. The van der Waals surface area contributed by atoms with E-state index in [2.05, 4.69) is 25.6 Å². The zero-order valence-electron chi connectivity index (χ0n) is 15.8. The lowest BCUT2D eigenvalue weighted by molar-refractivity contribution is -0.137. The highest BCUT2D eigenvalue weighted by atomic mass is 35.5. The van der Waals surface area contributed by atoms with Crippen molar-refractivity contribution in [1.82, 2.24) is 15.0 Å². The maximum Gasteiger partial charge on any atom is 0.417 e. The van der Waals surface area contributed by atoms with Crippen LogP contribution in [-0.4, -0.2) is 26.1 Å². The lowest BCUT2D eigenvalue weighted by Gasteiger charge is -2.11. The highest BCUT2D eigenvalue weighted by Gasteiger charge is 2.30. The molecule has 1 fully saturated rings. The van der Waals surface area contributed by atoms with Gasteiger partial charge in [-0.1, -0.05) is 11.6 Å². The number of aromatic nitrogens is 3. The van der Waals surface area contributed by atoms with E-state index in [4.69, 9.17) is 11.6 Å². The SMILES string of the molecule is O=C(Nc1cnc(Cl)cc1SC1CC1)c1ccnc(Nc2ccc(C(F)(F)F)cn2)c1. The molecule has 3 heterocycles. The molecule has 11 heteroatoms. The number of rotatable bonds is 6. The fourth-order valence-corrected chi connectivity index (χ4v) is 3.94. The van der Waals surface area contributed by atoms with Gasteiger partial charge in [-0.15, -0.1) is 11.8 Å².